The number of para-hydroxylation sites is 1. The van der Waals surface area contributed by atoms with Gasteiger partial charge in [-0.15, -0.1) is 0 Å². The average molecular weight is 564 g/mol. The van der Waals surface area contributed by atoms with Gasteiger partial charge in [0.15, 0.2) is 5.17 Å². The molecule has 4 N–H and O–H groups in total. The maximum absolute atomic E-state index is 13.4. The first-order valence-corrected chi connectivity index (χ1v) is 14.3. The minimum atomic E-state index is -0.427. The first-order chi connectivity index (χ1) is 19.9. The van der Waals surface area contributed by atoms with Crippen molar-refractivity contribution >= 4 is 61.8 Å². The molecule has 6 rings (SSSR count). The molecule has 1 aliphatic heterocycles. The van der Waals surface area contributed by atoms with Crippen molar-refractivity contribution in [1.29, 1.82) is 5.41 Å². The van der Waals surface area contributed by atoms with Gasteiger partial charge in [0, 0.05) is 46.0 Å². The number of amides is 2. The lowest BCUT2D eigenvalue weighted by Gasteiger charge is -2.10. The van der Waals surface area contributed by atoms with Gasteiger partial charge in [0.05, 0.1) is 11.1 Å². The zero-order valence-corrected chi connectivity index (χ0v) is 23.3. The van der Waals surface area contributed by atoms with Gasteiger partial charge < -0.3 is 19.6 Å². The molecule has 41 heavy (non-hydrogen) atoms. The molecular formula is C32H29N5O3S. The van der Waals surface area contributed by atoms with E-state index in [9.17, 15) is 9.59 Å². The van der Waals surface area contributed by atoms with E-state index in [1.54, 1.807) is 0 Å². The van der Waals surface area contributed by atoms with Gasteiger partial charge in [0.25, 0.3) is 11.8 Å². The number of carbonyl (C=O) groups excluding carboxylic acids is 2. The summed E-state index contributed by atoms with van der Waals surface area (Å²) in [6.07, 6.45) is 2.72. The molecule has 0 aliphatic carbocycles. The van der Waals surface area contributed by atoms with E-state index in [2.05, 4.69) is 9.88 Å². The van der Waals surface area contributed by atoms with E-state index in [1.165, 1.54) is 11.8 Å². The van der Waals surface area contributed by atoms with Gasteiger partial charge in [-0.3, -0.25) is 20.3 Å². The number of thioether (sulfide) groups is 1. The van der Waals surface area contributed by atoms with Crippen molar-refractivity contribution in [3.8, 4) is 5.75 Å². The van der Waals surface area contributed by atoms with E-state index < -0.39 is 11.8 Å². The fraction of sp³-hybridized carbons (Fsp3) is 0.156. The van der Waals surface area contributed by atoms with Gasteiger partial charge in [-0.2, -0.15) is 0 Å². The fourth-order valence-corrected chi connectivity index (χ4v) is 5.90. The number of aromatic nitrogens is 2. The van der Waals surface area contributed by atoms with Gasteiger partial charge in [-0.05, 0) is 49.2 Å². The largest absolute Gasteiger partial charge is 0.489 e. The Balaban J connectivity index is 1.48. The van der Waals surface area contributed by atoms with Crippen molar-refractivity contribution < 1.29 is 14.3 Å². The van der Waals surface area contributed by atoms with Crippen molar-refractivity contribution in [3.63, 3.8) is 0 Å². The highest BCUT2D eigenvalue weighted by Crippen LogP contribution is 2.37. The Morgan fingerprint density at radius 2 is 1.76 bits per heavy atom. The number of imide groups is 1. The van der Waals surface area contributed by atoms with Crippen molar-refractivity contribution in [1.82, 2.24) is 14.5 Å². The maximum Gasteiger partial charge on any atom is 0.275 e. The molecule has 0 spiro atoms. The Morgan fingerprint density at radius 1 is 0.976 bits per heavy atom. The number of nitrogens with zero attached hydrogens (tertiary/aromatic N) is 2. The van der Waals surface area contributed by atoms with Crippen molar-refractivity contribution in [2.45, 2.75) is 26.5 Å². The summed E-state index contributed by atoms with van der Waals surface area (Å²) >= 11 is 1.30. The van der Waals surface area contributed by atoms with Gasteiger partial charge in [0.1, 0.15) is 18.1 Å². The van der Waals surface area contributed by atoms with Crippen LogP contribution < -0.4 is 15.8 Å². The molecule has 0 bridgehead atoms. The van der Waals surface area contributed by atoms with Crippen LogP contribution in [0.1, 0.15) is 23.2 Å². The molecule has 9 heteroatoms. The second kappa shape index (κ2) is 11.0. The number of ether oxygens (including phenoxy) is 1. The third kappa shape index (κ3) is 5.12. The number of rotatable bonds is 9. The number of fused-ring (bicyclic) bond motifs is 2. The van der Waals surface area contributed by atoms with Crippen LogP contribution in [0, 0.1) is 12.3 Å². The van der Waals surface area contributed by atoms with E-state index in [4.69, 9.17) is 15.9 Å². The molecule has 0 unspecified atom stereocenters. The average Bonchev–Trinajstić information content (AvgIpc) is 3.58. The second-order valence-corrected chi connectivity index (χ2v) is 11.1. The number of carbonyl (C=O) groups is 2. The normalized spacial score (nSPS) is 13.4. The predicted molar refractivity (Wildman–Crippen MR) is 165 cm³/mol. The van der Waals surface area contributed by atoms with E-state index in [-0.39, 0.29) is 5.17 Å². The van der Waals surface area contributed by atoms with Crippen LogP contribution in [0.3, 0.4) is 0 Å². The summed E-state index contributed by atoms with van der Waals surface area (Å²) < 4.78 is 10.1. The SMILES string of the molecule is Cc1cc2ccccc2n1C1=C(c2cn(CCCSC(=N)N)c3ccc(OCc4ccccc4)cc23)C(=O)NC1=O. The maximum atomic E-state index is 13.4. The standard InChI is InChI=1S/C32H29N5O3S/c1-20-16-22-10-5-6-11-26(22)37(20)29-28(30(38)35-31(29)39)25-18-36(14-7-15-41-32(33)34)27-13-12-23(17-24(25)27)40-19-21-8-3-2-4-9-21/h2-6,8-13,16-18H,7,14-15,19H2,1H3,(H3,33,34)(H,35,38,39). The molecule has 0 atom stereocenters. The first kappa shape index (κ1) is 26.5. The number of amidine groups is 1. The Kier molecular flexibility index (Phi) is 7.11. The van der Waals surface area contributed by atoms with E-state index in [0.29, 0.717) is 41.5 Å². The minimum Gasteiger partial charge on any atom is -0.489 e. The van der Waals surface area contributed by atoms with Crippen LogP contribution >= 0.6 is 11.8 Å². The van der Waals surface area contributed by atoms with E-state index in [1.807, 2.05) is 96.6 Å². The van der Waals surface area contributed by atoms with Crippen LogP contribution in [0.25, 0.3) is 33.1 Å². The zero-order valence-electron chi connectivity index (χ0n) is 22.5. The Hall–Kier alpha value is -4.76. The quantitative estimate of drug-likeness (QED) is 0.0945. The highest BCUT2D eigenvalue weighted by Gasteiger charge is 2.35. The van der Waals surface area contributed by atoms with Gasteiger partial charge in [-0.1, -0.05) is 60.3 Å². The topological polar surface area (TPSA) is 115 Å². The van der Waals surface area contributed by atoms with Gasteiger partial charge in [0.2, 0.25) is 0 Å². The fourth-order valence-electron chi connectivity index (χ4n) is 5.41. The molecule has 2 aromatic heterocycles. The molecule has 8 nitrogen and oxygen atoms in total. The van der Waals surface area contributed by atoms with Crippen LogP contribution in [0.15, 0.2) is 85.1 Å². The Labute approximate surface area is 241 Å². The minimum absolute atomic E-state index is 0.0912. The Bertz CT molecular complexity index is 1850. The van der Waals surface area contributed by atoms with Crippen LogP contribution in [-0.2, 0) is 22.7 Å². The van der Waals surface area contributed by atoms with Crippen LogP contribution in [0.2, 0.25) is 0 Å². The molecule has 2 amide bonds. The molecule has 0 fully saturated rings. The molecule has 3 heterocycles. The second-order valence-electron chi connectivity index (χ2n) is 9.94. The van der Waals surface area contributed by atoms with Crippen LogP contribution in [0.4, 0.5) is 0 Å². The summed E-state index contributed by atoms with van der Waals surface area (Å²) in [7, 11) is 0. The first-order valence-electron chi connectivity index (χ1n) is 13.3. The van der Waals surface area contributed by atoms with Crippen molar-refractivity contribution in [2.24, 2.45) is 5.73 Å². The number of aryl methyl sites for hydroxylation is 2. The summed E-state index contributed by atoms with van der Waals surface area (Å²) in [5.74, 6) is 0.514. The molecule has 0 radical (unpaired) electrons. The molecule has 5 aromatic rings. The van der Waals surface area contributed by atoms with Crippen LogP contribution in [0.5, 0.6) is 5.75 Å². The van der Waals surface area contributed by atoms with Gasteiger partial charge >= 0.3 is 0 Å². The monoisotopic (exact) mass is 563 g/mol. The summed E-state index contributed by atoms with van der Waals surface area (Å²) in [6.45, 7) is 3.00. The number of benzene rings is 3. The predicted octanol–water partition coefficient (Wildman–Crippen LogP) is 5.52. The lowest BCUT2D eigenvalue weighted by Crippen LogP contribution is -2.23. The van der Waals surface area contributed by atoms with E-state index in [0.717, 1.165) is 39.5 Å². The number of nitrogens with two attached hydrogens (primary N) is 1. The Morgan fingerprint density at radius 3 is 2.56 bits per heavy atom. The molecule has 206 valence electrons. The van der Waals surface area contributed by atoms with Crippen molar-refractivity contribution in [3.05, 3.63) is 102 Å². The number of nitrogens with one attached hydrogen (secondary N) is 2. The molecule has 0 saturated carbocycles. The molecular weight excluding hydrogens is 534 g/mol. The van der Waals surface area contributed by atoms with Gasteiger partial charge in [-0.25, -0.2) is 0 Å². The molecule has 3 aromatic carbocycles. The molecule has 0 saturated heterocycles. The summed E-state index contributed by atoms with van der Waals surface area (Å²) in [4.78, 5) is 26.8. The lowest BCUT2D eigenvalue weighted by molar-refractivity contribution is -0.122. The third-order valence-electron chi connectivity index (χ3n) is 7.20. The van der Waals surface area contributed by atoms with E-state index >= 15 is 0 Å². The third-order valence-corrected chi connectivity index (χ3v) is 8.00. The zero-order chi connectivity index (χ0) is 28.5. The van der Waals surface area contributed by atoms with Crippen LogP contribution in [-0.4, -0.2) is 31.9 Å². The highest BCUT2D eigenvalue weighted by molar-refractivity contribution is 8.13. The summed E-state index contributed by atoms with van der Waals surface area (Å²) in [5, 5.41) is 11.9. The summed E-state index contributed by atoms with van der Waals surface area (Å²) in [5.41, 5.74) is 10.5. The van der Waals surface area contributed by atoms with Crippen molar-refractivity contribution in [2.75, 3.05) is 5.75 Å². The molecule has 1 aliphatic rings. The summed E-state index contributed by atoms with van der Waals surface area (Å²) in [6, 6.07) is 25.6. The number of hydrogen-bond acceptors (Lipinski definition) is 5. The smallest absolute Gasteiger partial charge is 0.275 e. The highest BCUT2D eigenvalue weighted by atomic mass is 32.2. The number of hydrogen-bond donors (Lipinski definition) is 3. The lowest BCUT2D eigenvalue weighted by atomic mass is 10.0.